The molecule has 0 amide bonds. The number of aryl methyl sites for hydroxylation is 3. The average Bonchev–Trinajstić information content (AvgIpc) is 2.77. The van der Waals surface area contributed by atoms with Gasteiger partial charge in [-0.05, 0) is 43.5 Å². The van der Waals surface area contributed by atoms with Gasteiger partial charge in [-0.1, -0.05) is 39.0 Å². The Morgan fingerprint density at radius 3 is 2.42 bits per heavy atom. The van der Waals surface area contributed by atoms with Crippen LogP contribution in [0.15, 0.2) is 18.5 Å². The van der Waals surface area contributed by atoms with Crippen molar-refractivity contribution in [2.75, 3.05) is 0 Å². The van der Waals surface area contributed by atoms with E-state index in [0.29, 0.717) is 0 Å². The van der Waals surface area contributed by atoms with E-state index in [1.165, 1.54) is 55.2 Å². The van der Waals surface area contributed by atoms with Crippen LogP contribution in [-0.4, -0.2) is 9.55 Å². The summed E-state index contributed by atoms with van der Waals surface area (Å²) in [6, 6.07) is 4.47. The highest BCUT2D eigenvalue weighted by molar-refractivity contribution is 5.77. The van der Waals surface area contributed by atoms with Crippen LogP contribution in [-0.2, 0) is 6.54 Å². The normalized spacial score (nSPS) is 11.3. The van der Waals surface area contributed by atoms with E-state index >= 15 is 0 Å². The smallest absolute Gasteiger partial charge is 0.0958 e. The van der Waals surface area contributed by atoms with Gasteiger partial charge in [0.25, 0.3) is 0 Å². The third-order valence-corrected chi connectivity index (χ3v) is 3.99. The number of imidazole rings is 1. The Balaban J connectivity index is 1.92. The van der Waals surface area contributed by atoms with E-state index in [2.05, 4.69) is 42.5 Å². The van der Waals surface area contributed by atoms with Crippen molar-refractivity contribution in [1.82, 2.24) is 9.55 Å². The van der Waals surface area contributed by atoms with Crippen molar-refractivity contribution in [2.45, 2.75) is 65.8 Å². The van der Waals surface area contributed by atoms with Crippen molar-refractivity contribution in [3.8, 4) is 0 Å². The van der Waals surface area contributed by atoms with E-state index in [4.69, 9.17) is 0 Å². The maximum absolute atomic E-state index is 4.51. The summed E-state index contributed by atoms with van der Waals surface area (Å²) in [4.78, 5) is 4.51. The molecule has 0 N–H and O–H groups in total. The first-order valence-electron chi connectivity index (χ1n) is 7.64. The van der Waals surface area contributed by atoms with Crippen molar-refractivity contribution in [3.63, 3.8) is 0 Å². The highest BCUT2D eigenvalue weighted by Gasteiger charge is 2.04. The predicted molar refractivity (Wildman–Crippen MR) is 82.6 cm³/mol. The van der Waals surface area contributed by atoms with Gasteiger partial charge in [-0.25, -0.2) is 4.98 Å². The molecule has 0 saturated heterocycles. The molecule has 0 aliphatic carbocycles. The first-order chi connectivity index (χ1) is 9.22. The van der Waals surface area contributed by atoms with Gasteiger partial charge in [-0.2, -0.15) is 0 Å². The zero-order valence-electron chi connectivity index (χ0n) is 12.6. The van der Waals surface area contributed by atoms with Crippen LogP contribution in [0.1, 0.15) is 56.6 Å². The van der Waals surface area contributed by atoms with Crippen molar-refractivity contribution in [2.24, 2.45) is 0 Å². The first kappa shape index (κ1) is 14.1. The number of fused-ring (bicyclic) bond motifs is 1. The lowest BCUT2D eigenvalue weighted by atomic mass is 10.1. The van der Waals surface area contributed by atoms with Crippen molar-refractivity contribution >= 4 is 11.0 Å². The molecule has 0 atom stereocenters. The fourth-order valence-corrected chi connectivity index (χ4v) is 2.55. The number of aromatic nitrogens is 2. The summed E-state index contributed by atoms with van der Waals surface area (Å²) in [5.74, 6) is 0. The molecule has 0 fully saturated rings. The van der Waals surface area contributed by atoms with Crippen LogP contribution in [0.3, 0.4) is 0 Å². The molecule has 19 heavy (non-hydrogen) atoms. The van der Waals surface area contributed by atoms with Gasteiger partial charge in [0.15, 0.2) is 0 Å². The standard InChI is InChI=1S/C17H26N2/c1-4-5-6-7-8-9-10-19-13-18-16-11-14(2)15(3)12-17(16)19/h11-13H,4-10H2,1-3H3. The van der Waals surface area contributed by atoms with Crippen LogP contribution >= 0.6 is 0 Å². The molecule has 0 aliphatic heterocycles. The van der Waals surface area contributed by atoms with Crippen LogP contribution in [0.25, 0.3) is 11.0 Å². The second-order valence-electron chi connectivity index (χ2n) is 5.63. The van der Waals surface area contributed by atoms with Gasteiger partial charge in [-0.15, -0.1) is 0 Å². The molecule has 0 spiro atoms. The summed E-state index contributed by atoms with van der Waals surface area (Å²) < 4.78 is 2.31. The molecule has 2 nitrogen and oxygen atoms in total. The largest absolute Gasteiger partial charge is 0.331 e. The molecule has 0 radical (unpaired) electrons. The Kier molecular flexibility index (Phi) is 5.00. The second kappa shape index (κ2) is 6.74. The number of hydrogen-bond donors (Lipinski definition) is 0. The van der Waals surface area contributed by atoms with Gasteiger partial charge in [0.05, 0.1) is 17.4 Å². The minimum atomic E-state index is 1.10. The quantitative estimate of drug-likeness (QED) is 0.638. The molecule has 2 aromatic rings. The second-order valence-corrected chi connectivity index (χ2v) is 5.63. The van der Waals surface area contributed by atoms with Crippen molar-refractivity contribution in [3.05, 3.63) is 29.6 Å². The predicted octanol–water partition coefficient (Wildman–Crippen LogP) is 5.01. The van der Waals surface area contributed by atoms with Crippen LogP contribution in [0.2, 0.25) is 0 Å². The van der Waals surface area contributed by atoms with Gasteiger partial charge >= 0.3 is 0 Å². The molecule has 0 bridgehead atoms. The zero-order chi connectivity index (χ0) is 13.7. The summed E-state index contributed by atoms with van der Waals surface area (Å²) in [6.45, 7) is 7.70. The minimum Gasteiger partial charge on any atom is -0.331 e. The van der Waals surface area contributed by atoms with Crippen LogP contribution in [0.5, 0.6) is 0 Å². The molecule has 2 heteroatoms. The van der Waals surface area contributed by atoms with Crippen LogP contribution in [0.4, 0.5) is 0 Å². The minimum absolute atomic E-state index is 1.10. The number of unbranched alkanes of at least 4 members (excludes halogenated alkanes) is 5. The highest BCUT2D eigenvalue weighted by atomic mass is 15.0. The zero-order valence-corrected chi connectivity index (χ0v) is 12.6. The number of nitrogens with zero attached hydrogens (tertiary/aromatic N) is 2. The van der Waals surface area contributed by atoms with E-state index in [9.17, 15) is 0 Å². The van der Waals surface area contributed by atoms with Gasteiger partial charge < -0.3 is 4.57 Å². The van der Waals surface area contributed by atoms with E-state index < -0.39 is 0 Å². The van der Waals surface area contributed by atoms with Crippen molar-refractivity contribution < 1.29 is 0 Å². The summed E-state index contributed by atoms with van der Waals surface area (Å²) >= 11 is 0. The lowest BCUT2D eigenvalue weighted by molar-refractivity contribution is 0.564. The molecule has 0 aliphatic rings. The third kappa shape index (κ3) is 3.59. The summed E-state index contributed by atoms with van der Waals surface area (Å²) in [6.07, 6.45) is 10.1. The molecular weight excluding hydrogens is 232 g/mol. The van der Waals surface area contributed by atoms with Gasteiger partial charge in [0.1, 0.15) is 0 Å². The maximum atomic E-state index is 4.51. The van der Waals surface area contributed by atoms with Crippen LogP contribution < -0.4 is 0 Å². The maximum Gasteiger partial charge on any atom is 0.0958 e. The Hall–Kier alpha value is -1.31. The molecule has 0 saturated carbocycles. The van der Waals surface area contributed by atoms with Crippen molar-refractivity contribution in [1.29, 1.82) is 0 Å². The highest BCUT2D eigenvalue weighted by Crippen LogP contribution is 2.19. The summed E-state index contributed by atoms with van der Waals surface area (Å²) in [7, 11) is 0. The van der Waals surface area contributed by atoms with Crippen LogP contribution in [0, 0.1) is 13.8 Å². The SMILES string of the molecule is CCCCCCCCn1cnc2cc(C)c(C)cc21. The molecule has 2 rings (SSSR count). The number of rotatable bonds is 7. The lowest BCUT2D eigenvalue weighted by Crippen LogP contribution is -1.96. The molecule has 1 aromatic carbocycles. The van der Waals surface area contributed by atoms with E-state index in [1.807, 2.05) is 6.33 Å². The molecule has 1 heterocycles. The molecular formula is C17H26N2. The Bertz CT molecular complexity index is 525. The van der Waals surface area contributed by atoms with Gasteiger partial charge in [-0.3, -0.25) is 0 Å². The fourth-order valence-electron chi connectivity index (χ4n) is 2.55. The first-order valence-corrected chi connectivity index (χ1v) is 7.64. The molecule has 0 unspecified atom stereocenters. The Labute approximate surface area is 116 Å². The van der Waals surface area contributed by atoms with Gasteiger partial charge in [0.2, 0.25) is 0 Å². The van der Waals surface area contributed by atoms with E-state index in [1.54, 1.807) is 0 Å². The Morgan fingerprint density at radius 2 is 1.63 bits per heavy atom. The Morgan fingerprint density at radius 1 is 0.947 bits per heavy atom. The van der Waals surface area contributed by atoms with E-state index in [-0.39, 0.29) is 0 Å². The van der Waals surface area contributed by atoms with Gasteiger partial charge in [0, 0.05) is 6.54 Å². The number of hydrogen-bond acceptors (Lipinski definition) is 1. The monoisotopic (exact) mass is 258 g/mol. The molecule has 104 valence electrons. The topological polar surface area (TPSA) is 17.8 Å². The fraction of sp³-hybridized carbons (Fsp3) is 0.588. The summed E-state index contributed by atoms with van der Waals surface area (Å²) in [5, 5.41) is 0. The summed E-state index contributed by atoms with van der Waals surface area (Å²) in [5.41, 5.74) is 5.11. The third-order valence-electron chi connectivity index (χ3n) is 3.99. The average molecular weight is 258 g/mol. The molecule has 1 aromatic heterocycles. The number of benzene rings is 1. The lowest BCUT2D eigenvalue weighted by Gasteiger charge is -2.06. The van der Waals surface area contributed by atoms with E-state index in [0.717, 1.165) is 12.1 Å².